The van der Waals surface area contributed by atoms with E-state index >= 15 is 0 Å². The van der Waals surface area contributed by atoms with Crippen molar-refractivity contribution in [2.75, 3.05) is 11.9 Å². The molecular weight excluding hydrogens is 548 g/mol. The molecule has 1 saturated heterocycles. The fourth-order valence-corrected chi connectivity index (χ4v) is 5.62. The Morgan fingerprint density at radius 1 is 1.08 bits per heavy atom. The average Bonchev–Trinajstić information content (AvgIpc) is 3.47. The molecule has 1 aliphatic heterocycles. The molecule has 0 saturated carbocycles. The molecule has 0 aliphatic carbocycles. The first-order valence-electron chi connectivity index (χ1n) is 12.1. The first kappa shape index (κ1) is 25.2. The second kappa shape index (κ2) is 10.9. The molecule has 37 heavy (non-hydrogen) atoms. The number of pyridine rings is 1. The average molecular weight is 576 g/mol. The van der Waals surface area contributed by atoms with Gasteiger partial charge in [0.1, 0.15) is 17.6 Å². The van der Waals surface area contributed by atoms with E-state index in [0.29, 0.717) is 11.7 Å². The molecule has 2 atom stereocenters. The molecule has 0 unspecified atom stereocenters. The fraction of sp³-hybridized carbons (Fsp3) is 0.207. The summed E-state index contributed by atoms with van der Waals surface area (Å²) >= 11 is 9.40. The lowest BCUT2D eigenvalue weighted by atomic mass is 10.0. The number of rotatable bonds is 7. The van der Waals surface area contributed by atoms with Gasteiger partial charge in [-0.25, -0.2) is 0 Å². The van der Waals surface area contributed by atoms with E-state index < -0.39 is 0 Å². The van der Waals surface area contributed by atoms with Crippen molar-refractivity contribution in [3.63, 3.8) is 0 Å². The maximum atomic E-state index is 12.8. The third-order valence-electron chi connectivity index (χ3n) is 6.39. The molecular formula is C29H27BrN4O2S. The monoisotopic (exact) mass is 574 g/mol. The lowest BCUT2D eigenvalue weighted by Crippen LogP contribution is -2.32. The zero-order chi connectivity index (χ0) is 25.9. The summed E-state index contributed by atoms with van der Waals surface area (Å²) in [6.45, 7) is 4.48. The molecule has 0 spiro atoms. The van der Waals surface area contributed by atoms with Gasteiger partial charge in [-0.1, -0.05) is 40.2 Å². The van der Waals surface area contributed by atoms with Crippen LogP contribution in [0, 0.1) is 13.8 Å². The Balaban J connectivity index is 1.41. The lowest BCUT2D eigenvalue weighted by Gasteiger charge is -2.25. The zero-order valence-corrected chi connectivity index (χ0v) is 23.0. The molecule has 2 N–H and O–H groups in total. The van der Waals surface area contributed by atoms with E-state index in [1.54, 1.807) is 6.20 Å². The largest absolute Gasteiger partial charge is 0.459 e. The van der Waals surface area contributed by atoms with Crippen molar-refractivity contribution in [3.05, 3.63) is 106 Å². The summed E-state index contributed by atoms with van der Waals surface area (Å²) in [7, 11) is 0. The van der Waals surface area contributed by atoms with Crippen LogP contribution in [-0.4, -0.2) is 27.4 Å². The Hall–Kier alpha value is -3.49. The van der Waals surface area contributed by atoms with Gasteiger partial charge in [0, 0.05) is 34.9 Å². The molecule has 188 valence electrons. The van der Waals surface area contributed by atoms with Crippen LogP contribution in [-0.2, 0) is 4.79 Å². The number of hydrogen-bond acceptors (Lipinski definition) is 4. The summed E-state index contributed by atoms with van der Waals surface area (Å²) in [5.41, 5.74) is 4.88. The number of nitrogens with one attached hydrogen (secondary N) is 2. The van der Waals surface area contributed by atoms with Gasteiger partial charge in [-0.2, -0.15) is 0 Å². The molecule has 2 aromatic heterocycles. The van der Waals surface area contributed by atoms with Crippen LogP contribution in [0.5, 0.6) is 0 Å². The highest BCUT2D eigenvalue weighted by Gasteiger charge is 2.41. The Kier molecular flexibility index (Phi) is 7.39. The van der Waals surface area contributed by atoms with E-state index in [1.165, 1.54) is 0 Å². The molecule has 3 heterocycles. The molecule has 8 heteroatoms. The first-order valence-corrected chi connectivity index (χ1v) is 13.3. The Bertz CT molecular complexity index is 1440. The number of carbonyl (C=O) groups excluding carboxylic acids is 1. The molecule has 1 amide bonds. The number of hydrogen-bond donors (Lipinski definition) is 2. The number of anilines is 1. The van der Waals surface area contributed by atoms with Gasteiger partial charge in [0.05, 0.1) is 11.7 Å². The summed E-state index contributed by atoms with van der Waals surface area (Å²) in [6, 6.07) is 23.3. The van der Waals surface area contributed by atoms with Gasteiger partial charge >= 0.3 is 0 Å². The Morgan fingerprint density at radius 2 is 1.92 bits per heavy atom. The summed E-state index contributed by atoms with van der Waals surface area (Å²) in [4.78, 5) is 19.4. The van der Waals surface area contributed by atoms with Gasteiger partial charge in [0.2, 0.25) is 5.91 Å². The first-order chi connectivity index (χ1) is 17.9. The van der Waals surface area contributed by atoms with Crippen LogP contribution >= 0.6 is 28.1 Å². The van der Waals surface area contributed by atoms with Crippen LogP contribution in [0.25, 0.3) is 11.3 Å². The van der Waals surface area contributed by atoms with Crippen molar-refractivity contribution in [1.29, 1.82) is 0 Å². The van der Waals surface area contributed by atoms with E-state index in [2.05, 4.69) is 50.6 Å². The summed E-state index contributed by atoms with van der Waals surface area (Å²) in [5, 5.41) is 6.96. The topological polar surface area (TPSA) is 70.4 Å². The second-order valence-electron chi connectivity index (χ2n) is 9.17. The predicted octanol–water partition coefficient (Wildman–Crippen LogP) is 6.72. The normalized spacial score (nSPS) is 17.1. The van der Waals surface area contributed by atoms with Crippen molar-refractivity contribution in [2.45, 2.75) is 32.4 Å². The highest BCUT2D eigenvalue weighted by atomic mass is 79.9. The van der Waals surface area contributed by atoms with Gasteiger partial charge in [0.25, 0.3) is 0 Å². The zero-order valence-electron chi connectivity index (χ0n) is 20.6. The minimum atomic E-state index is -0.257. The van der Waals surface area contributed by atoms with Gasteiger partial charge in [0.15, 0.2) is 5.11 Å². The van der Waals surface area contributed by atoms with Crippen LogP contribution in [0.1, 0.15) is 41.1 Å². The smallest absolute Gasteiger partial charge is 0.226 e. The Morgan fingerprint density at radius 3 is 2.68 bits per heavy atom. The number of benzene rings is 2. The standard InChI is InChI=1S/C29H27BrN4O2S/c1-18-6-5-7-20(16-18)32-26(35)13-15-34-28(27(33-29(34)37)23-8-3-4-14-31-23)25-12-11-24(36-25)21-10-9-19(2)17-22(21)30/h3-12,14,16-17,27-28H,13,15H2,1-2H3,(H,32,35)(H,33,37)/t27-,28+/m0/s1. The minimum absolute atomic E-state index is 0.0721. The number of nitrogens with zero attached hydrogens (tertiary/aromatic N) is 2. The summed E-state index contributed by atoms with van der Waals surface area (Å²) < 4.78 is 7.39. The van der Waals surface area contributed by atoms with Gasteiger partial charge < -0.3 is 20.0 Å². The summed E-state index contributed by atoms with van der Waals surface area (Å²) in [6.07, 6.45) is 2.05. The molecule has 1 aliphatic rings. The molecule has 0 bridgehead atoms. The number of halogens is 1. The quantitative estimate of drug-likeness (QED) is 0.239. The second-order valence-corrected chi connectivity index (χ2v) is 10.4. The molecule has 2 aromatic carbocycles. The van der Waals surface area contributed by atoms with Crippen molar-refractivity contribution >= 4 is 44.9 Å². The van der Waals surface area contributed by atoms with Crippen molar-refractivity contribution < 1.29 is 9.21 Å². The summed E-state index contributed by atoms with van der Waals surface area (Å²) in [5.74, 6) is 1.44. The van der Waals surface area contributed by atoms with Crippen molar-refractivity contribution in [3.8, 4) is 11.3 Å². The van der Waals surface area contributed by atoms with E-state index in [-0.39, 0.29) is 24.4 Å². The van der Waals surface area contributed by atoms with Gasteiger partial charge in [-0.15, -0.1) is 0 Å². The van der Waals surface area contributed by atoms with Gasteiger partial charge in [-0.3, -0.25) is 9.78 Å². The van der Waals surface area contributed by atoms with E-state index in [1.807, 2.05) is 72.5 Å². The van der Waals surface area contributed by atoms with Gasteiger partial charge in [-0.05, 0) is 85.7 Å². The molecule has 6 nitrogen and oxygen atoms in total. The fourth-order valence-electron chi connectivity index (χ4n) is 4.60. The van der Waals surface area contributed by atoms with Crippen LogP contribution in [0.4, 0.5) is 5.69 Å². The van der Waals surface area contributed by atoms with Crippen LogP contribution in [0.3, 0.4) is 0 Å². The van der Waals surface area contributed by atoms with Crippen LogP contribution in [0.15, 0.2) is 87.9 Å². The third kappa shape index (κ3) is 5.60. The molecule has 5 rings (SSSR count). The minimum Gasteiger partial charge on any atom is -0.459 e. The van der Waals surface area contributed by atoms with Crippen molar-refractivity contribution in [2.24, 2.45) is 0 Å². The number of furan rings is 1. The number of carbonyl (C=O) groups is 1. The molecule has 1 fully saturated rings. The molecule has 0 radical (unpaired) electrons. The maximum Gasteiger partial charge on any atom is 0.226 e. The maximum absolute atomic E-state index is 12.8. The highest BCUT2D eigenvalue weighted by molar-refractivity contribution is 9.10. The predicted molar refractivity (Wildman–Crippen MR) is 153 cm³/mol. The highest BCUT2D eigenvalue weighted by Crippen LogP contribution is 2.41. The van der Waals surface area contributed by atoms with Crippen LogP contribution in [0.2, 0.25) is 0 Å². The van der Waals surface area contributed by atoms with Crippen molar-refractivity contribution in [1.82, 2.24) is 15.2 Å². The van der Waals surface area contributed by atoms with E-state index in [4.69, 9.17) is 16.6 Å². The number of aryl methyl sites for hydroxylation is 2. The van der Waals surface area contributed by atoms with E-state index in [0.717, 1.165) is 44.1 Å². The SMILES string of the molecule is Cc1cccc(NC(=O)CCN2C(=S)N[C@@H](c3ccccn3)[C@H]2c2ccc(-c3ccc(C)cc3Br)o2)c1. The number of thiocarbonyl (C=S) groups is 1. The lowest BCUT2D eigenvalue weighted by molar-refractivity contribution is -0.116. The Labute approximate surface area is 230 Å². The number of amides is 1. The van der Waals surface area contributed by atoms with Crippen LogP contribution < -0.4 is 10.6 Å². The number of aromatic nitrogens is 1. The van der Waals surface area contributed by atoms with E-state index in [9.17, 15) is 4.79 Å². The molecule has 4 aromatic rings. The third-order valence-corrected chi connectivity index (χ3v) is 7.40.